The highest BCUT2D eigenvalue weighted by molar-refractivity contribution is 9.10. The number of hydrogen-bond donors (Lipinski definition) is 1. The summed E-state index contributed by atoms with van der Waals surface area (Å²) in [7, 11) is -1.38. The second-order valence-electron chi connectivity index (χ2n) is 3.44. The molecule has 86 valence electrons. The van der Waals surface area contributed by atoms with Crippen molar-refractivity contribution in [1.29, 1.82) is 0 Å². The molecule has 1 aromatic rings. The third kappa shape index (κ3) is 3.06. The minimum absolute atomic E-state index is 0.328. The van der Waals surface area contributed by atoms with Gasteiger partial charge in [-0.3, -0.25) is 0 Å². The van der Waals surface area contributed by atoms with Crippen molar-refractivity contribution in [2.75, 3.05) is 13.3 Å². The first-order chi connectivity index (χ1) is 6.86. The fraction of sp³-hybridized carbons (Fsp3) is 0.556. The van der Waals surface area contributed by atoms with Crippen LogP contribution in [0.1, 0.15) is 18.7 Å². The fourth-order valence-corrected chi connectivity index (χ4v) is 2.43. The van der Waals surface area contributed by atoms with Crippen molar-refractivity contribution < 1.29 is 12.8 Å². The van der Waals surface area contributed by atoms with E-state index in [0.717, 1.165) is 0 Å². The molecule has 0 aliphatic heterocycles. The first-order valence-electron chi connectivity index (χ1n) is 4.47. The average Bonchev–Trinajstić information content (AvgIpc) is 2.51. The van der Waals surface area contributed by atoms with Crippen LogP contribution in [0.25, 0.3) is 0 Å². The summed E-state index contributed by atoms with van der Waals surface area (Å²) < 4.78 is 28.8. The van der Waals surface area contributed by atoms with Crippen LogP contribution < -0.4 is 5.32 Å². The van der Waals surface area contributed by atoms with E-state index >= 15 is 0 Å². The molecule has 0 saturated heterocycles. The van der Waals surface area contributed by atoms with Crippen molar-refractivity contribution in [3.8, 4) is 0 Å². The molecule has 0 amide bonds. The Labute approximate surface area is 98.1 Å². The van der Waals surface area contributed by atoms with Crippen LogP contribution in [0.4, 0.5) is 0 Å². The molecule has 0 fully saturated rings. The van der Waals surface area contributed by atoms with Gasteiger partial charge in [-0.1, -0.05) is 0 Å². The summed E-state index contributed by atoms with van der Waals surface area (Å²) in [5.74, 6) is 0.613. The molecular weight excluding hydrogens is 282 g/mol. The average molecular weight is 296 g/mol. The van der Waals surface area contributed by atoms with E-state index in [9.17, 15) is 8.42 Å². The predicted molar refractivity (Wildman–Crippen MR) is 62.5 cm³/mol. The van der Waals surface area contributed by atoms with Gasteiger partial charge in [-0.25, -0.2) is 8.42 Å². The second-order valence-corrected chi connectivity index (χ2v) is 6.63. The summed E-state index contributed by atoms with van der Waals surface area (Å²) in [6, 6.07) is 3.17. The monoisotopic (exact) mass is 295 g/mol. The largest absolute Gasteiger partial charge is 0.453 e. The summed E-state index contributed by atoms with van der Waals surface area (Å²) in [6.07, 6.45) is 1.22. The van der Waals surface area contributed by atoms with E-state index in [0.29, 0.717) is 10.4 Å². The lowest BCUT2D eigenvalue weighted by Crippen LogP contribution is -2.32. The van der Waals surface area contributed by atoms with Crippen molar-refractivity contribution in [1.82, 2.24) is 5.32 Å². The summed E-state index contributed by atoms with van der Waals surface area (Å²) in [6.45, 7) is 1.66. The Bertz CT molecular complexity index is 426. The number of nitrogens with one attached hydrogen (secondary N) is 1. The van der Waals surface area contributed by atoms with Gasteiger partial charge < -0.3 is 9.73 Å². The van der Waals surface area contributed by atoms with Gasteiger partial charge in [0.1, 0.15) is 5.76 Å². The molecule has 0 spiro atoms. The molecule has 1 aromatic heterocycles. The maximum atomic E-state index is 11.4. The molecule has 6 heteroatoms. The third-order valence-corrected chi connectivity index (χ3v) is 4.41. The van der Waals surface area contributed by atoms with E-state index in [1.165, 1.54) is 6.26 Å². The molecule has 1 heterocycles. The molecule has 0 radical (unpaired) electrons. The van der Waals surface area contributed by atoms with E-state index < -0.39 is 15.1 Å². The zero-order valence-corrected chi connectivity index (χ0v) is 11.2. The van der Waals surface area contributed by atoms with E-state index in [-0.39, 0.29) is 6.04 Å². The molecule has 2 unspecified atom stereocenters. The Morgan fingerprint density at radius 1 is 1.47 bits per heavy atom. The minimum Gasteiger partial charge on any atom is -0.453 e. The normalized spacial score (nSPS) is 16.3. The molecule has 0 aromatic carbocycles. The van der Waals surface area contributed by atoms with Gasteiger partial charge in [-0.2, -0.15) is 0 Å². The second kappa shape index (κ2) is 4.67. The highest BCUT2D eigenvalue weighted by Crippen LogP contribution is 2.25. The van der Waals surface area contributed by atoms with E-state index in [4.69, 9.17) is 4.42 Å². The van der Waals surface area contributed by atoms with Gasteiger partial charge in [-0.05, 0) is 42.0 Å². The topological polar surface area (TPSA) is 59.3 Å². The smallest absolute Gasteiger partial charge is 0.169 e. The van der Waals surface area contributed by atoms with Gasteiger partial charge in [0.15, 0.2) is 14.5 Å². The van der Waals surface area contributed by atoms with Crippen LogP contribution in [-0.2, 0) is 9.84 Å². The van der Waals surface area contributed by atoms with Crippen molar-refractivity contribution in [2.45, 2.75) is 18.2 Å². The van der Waals surface area contributed by atoms with Gasteiger partial charge in [0, 0.05) is 6.26 Å². The molecular formula is C9H14BrNO3S. The van der Waals surface area contributed by atoms with Crippen LogP contribution in [0.2, 0.25) is 0 Å². The Morgan fingerprint density at radius 3 is 2.40 bits per heavy atom. The van der Waals surface area contributed by atoms with Gasteiger partial charge in [0.2, 0.25) is 0 Å². The van der Waals surface area contributed by atoms with Crippen molar-refractivity contribution in [3.63, 3.8) is 0 Å². The SMILES string of the molecule is CNC(c1ccc(Br)o1)C(C)S(C)(=O)=O. The molecule has 1 rings (SSSR count). The van der Waals surface area contributed by atoms with Crippen LogP contribution >= 0.6 is 15.9 Å². The Hall–Kier alpha value is -0.330. The standard InChI is InChI=1S/C9H14BrNO3S/c1-6(15(3,12)13)9(11-2)7-4-5-8(10)14-7/h4-6,9,11H,1-3H3. The molecule has 0 aliphatic rings. The van der Waals surface area contributed by atoms with Crippen LogP contribution in [0.15, 0.2) is 21.2 Å². The van der Waals surface area contributed by atoms with E-state index in [1.807, 2.05) is 0 Å². The van der Waals surface area contributed by atoms with Crippen molar-refractivity contribution >= 4 is 25.8 Å². The maximum Gasteiger partial charge on any atom is 0.169 e. The Morgan fingerprint density at radius 2 is 2.07 bits per heavy atom. The number of halogens is 1. The Kier molecular flexibility index (Phi) is 3.97. The zero-order chi connectivity index (χ0) is 11.6. The number of hydrogen-bond acceptors (Lipinski definition) is 4. The highest BCUT2D eigenvalue weighted by Gasteiger charge is 2.28. The van der Waals surface area contributed by atoms with Crippen molar-refractivity contribution in [2.24, 2.45) is 0 Å². The predicted octanol–water partition coefficient (Wildman–Crippen LogP) is 1.74. The molecule has 0 aliphatic carbocycles. The highest BCUT2D eigenvalue weighted by atomic mass is 79.9. The first-order valence-corrected chi connectivity index (χ1v) is 7.22. The number of furan rings is 1. The lowest BCUT2D eigenvalue weighted by molar-refractivity contribution is 0.409. The lowest BCUT2D eigenvalue weighted by atomic mass is 10.2. The van der Waals surface area contributed by atoms with Gasteiger partial charge in [0.25, 0.3) is 0 Å². The minimum atomic E-state index is -3.09. The lowest BCUT2D eigenvalue weighted by Gasteiger charge is -2.19. The maximum absolute atomic E-state index is 11.4. The van der Waals surface area contributed by atoms with Crippen LogP contribution in [0.5, 0.6) is 0 Å². The molecule has 2 atom stereocenters. The van der Waals surface area contributed by atoms with Gasteiger partial charge >= 0.3 is 0 Å². The molecule has 1 N–H and O–H groups in total. The fourth-order valence-electron chi connectivity index (χ4n) is 1.35. The van der Waals surface area contributed by atoms with Crippen LogP contribution in [0, 0.1) is 0 Å². The van der Waals surface area contributed by atoms with E-state index in [2.05, 4.69) is 21.2 Å². The molecule has 4 nitrogen and oxygen atoms in total. The first kappa shape index (κ1) is 12.7. The quantitative estimate of drug-likeness (QED) is 0.919. The molecule has 0 bridgehead atoms. The summed E-state index contributed by atoms with van der Waals surface area (Å²) in [5.41, 5.74) is 0. The zero-order valence-electron chi connectivity index (χ0n) is 8.82. The van der Waals surface area contributed by atoms with Crippen LogP contribution in [-0.4, -0.2) is 27.0 Å². The van der Waals surface area contributed by atoms with E-state index in [1.54, 1.807) is 26.1 Å². The Balaban J connectivity index is 2.99. The number of rotatable bonds is 4. The van der Waals surface area contributed by atoms with Gasteiger partial charge in [-0.15, -0.1) is 0 Å². The summed E-state index contributed by atoms with van der Waals surface area (Å²) in [4.78, 5) is 0. The van der Waals surface area contributed by atoms with Crippen LogP contribution in [0.3, 0.4) is 0 Å². The van der Waals surface area contributed by atoms with Crippen molar-refractivity contribution in [3.05, 3.63) is 22.6 Å². The molecule has 15 heavy (non-hydrogen) atoms. The summed E-state index contributed by atoms with van der Waals surface area (Å²) >= 11 is 3.19. The number of sulfone groups is 1. The van der Waals surface area contributed by atoms with Gasteiger partial charge in [0.05, 0.1) is 11.3 Å². The molecule has 0 saturated carbocycles. The summed E-state index contributed by atoms with van der Waals surface area (Å²) in [5, 5.41) is 2.42. The third-order valence-electron chi connectivity index (χ3n) is 2.36.